The van der Waals surface area contributed by atoms with E-state index in [1.807, 2.05) is 13.8 Å². The fourth-order valence-electron chi connectivity index (χ4n) is 1.49. The standard InChI is InChI=1S/C14H26N2O4/c1-11(2)10-20-9-8-16-14(19)15-7-6-12(3)4-5-13(17)18/h12H,1,4-10H2,2-3H3,(H,17,18)(H2,15,16,19). The zero-order valence-electron chi connectivity index (χ0n) is 12.4. The molecule has 0 heterocycles. The van der Waals surface area contributed by atoms with Gasteiger partial charge in [-0.25, -0.2) is 4.79 Å². The number of rotatable bonds is 11. The molecule has 0 saturated heterocycles. The van der Waals surface area contributed by atoms with Gasteiger partial charge in [0.15, 0.2) is 0 Å². The highest BCUT2D eigenvalue weighted by Crippen LogP contribution is 2.08. The van der Waals surface area contributed by atoms with Crippen LogP contribution in [0.4, 0.5) is 4.79 Å². The highest BCUT2D eigenvalue weighted by Gasteiger charge is 2.06. The molecule has 1 unspecified atom stereocenters. The molecule has 0 saturated carbocycles. The summed E-state index contributed by atoms with van der Waals surface area (Å²) < 4.78 is 5.24. The second-order valence-corrected chi connectivity index (χ2v) is 5.02. The molecular formula is C14H26N2O4. The molecule has 0 aliphatic rings. The Balaban J connectivity index is 3.44. The molecule has 0 radical (unpaired) electrons. The number of hydrogen-bond acceptors (Lipinski definition) is 3. The van der Waals surface area contributed by atoms with Crippen LogP contribution in [0.25, 0.3) is 0 Å². The maximum atomic E-state index is 11.4. The third-order valence-electron chi connectivity index (χ3n) is 2.65. The quantitative estimate of drug-likeness (QED) is 0.399. The SMILES string of the molecule is C=C(C)COCCNC(=O)NCCC(C)CCC(=O)O. The molecule has 0 spiro atoms. The molecular weight excluding hydrogens is 260 g/mol. The van der Waals surface area contributed by atoms with Crippen molar-refractivity contribution in [1.82, 2.24) is 10.6 Å². The predicted molar refractivity (Wildman–Crippen MR) is 77.7 cm³/mol. The molecule has 0 aromatic rings. The van der Waals surface area contributed by atoms with Crippen LogP contribution >= 0.6 is 0 Å². The summed E-state index contributed by atoms with van der Waals surface area (Å²) >= 11 is 0. The number of carboxylic acid groups (broad SMARTS) is 1. The van der Waals surface area contributed by atoms with Crippen LogP contribution in [0.1, 0.15) is 33.1 Å². The van der Waals surface area contributed by atoms with Gasteiger partial charge in [0.1, 0.15) is 0 Å². The van der Waals surface area contributed by atoms with E-state index in [-0.39, 0.29) is 18.4 Å². The molecule has 0 aliphatic heterocycles. The van der Waals surface area contributed by atoms with Crippen LogP contribution < -0.4 is 10.6 Å². The zero-order valence-corrected chi connectivity index (χ0v) is 12.4. The molecule has 0 aromatic carbocycles. The minimum atomic E-state index is -0.780. The van der Waals surface area contributed by atoms with E-state index >= 15 is 0 Å². The van der Waals surface area contributed by atoms with Gasteiger partial charge in [-0.3, -0.25) is 4.79 Å². The topological polar surface area (TPSA) is 87.7 Å². The average Bonchev–Trinajstić information content (AvgIpc) is 2.35. The van der Waals surface area contributed by atoms with Crippen LogP contribution in [0.5, 0.6) is 0 Å². The number of carbonyl (C=O) groups is 2. The average molecular weight is 286 g/mol. The smallest absolute Gasteiger partial charge is 0.314 e. The molecule has 116 valence electrons. The Labute approximate surface area is 120 Å². The molecule has 6 nitrogen and oxygen atoms in total. The number of carboxylic acids is 1. The van der Waals surface area contributed by atoms with Crippen molar-refractivity contribution in [3.8, 4) is 0 Å². The van der Waals surface area contributed by atoms with Crippen molar-refractivity contribution in [2.24, 2.45) is 5.92 Å². The van der Waals surface area contributed by atoms with Crippen molar-refractivity contribution in [3.05, 3.63) is 12.2 Å². The first kappa shape index (κ1) is 18.4. The largest absolute Gasteiger partial charge is 0.481 e. The molecule has 3 N–H and O–H groups in total. The molecule has 0 aromatic heterocycles. The summed E-state index contributed by atoms with van der Waals surface area (Å²) in [6, 6.07) is -0.227. The monoisotopic (exact) mass is 286 g/mol. The first-order valence-electron chi connectivity index (χ1n) is 6.87. The van der Waals surface area contributed by atoms with Gasteiger partial charge in [-0.1, -0.05) is 19.1 Å². The Bertz CT molecular complexity index is 318. The van der Waals surface area contributed by atoms with Crippen molar-refractivity contribution in [2.45, 2.75) is 33.1 Å². The van der Waals surface area contributed by atoms with E-state index in [1.54, 1.807) is 0 Å². The minimum Gasteiger partial charge on any atom is -0.481 e. The van der Waals surface area contributed by atoms with E-state index in [0.29, 0.717) is 32.7 Å². The third kappa shape index (κ3) is 12.9. The van der Waals surface area contributed by atoms with E-state index in [4.69, 9.17) is 9.84 Å². The van der Waals surface area contributed by atoms with Gasteiger partial charge < -0.3 is 20.5 Å². The van der Waals surface area contributed by atoms with Gasteiger partial charge >= 0.3 is 12.0 Å². The normalized spacial score (nSPS) is 11.7. The lowest BCUT2D eigenvalue weighted by Gasteiger charge is -2.11. The lowest BCUT2D eigenvalue weighted by molar-refractivity contribution is -0.137. The van der Waals surface area contributed by atoms with Crippen LogP contribution in [-0.2, 0) is 9.53 Å². The van der Waals surface area contributed by atoms with Gasteiger partial charge in [-0.2, -0.15) is 0 Å². The van der Waals surface area contributed by atoms with Crippen molar-refractivity contribution < 1.29 is 19.4 Å². The highest BCUT2D eigenvalue weighted by molar-refractivity contribution is 5.73. The minimum absolute atomic E-state index is 0.174. The Morgan fingerprint density at radius 1 is 1.25 bits per heavy atom. The van der Waals surface area contributed by atoms with Crippen molar-refractivity contribution >= 4 is 12.0 Å². The van der Waals surface area contributed by atoms with Gasteiger partial charge in [-0.15, -0.1) is 0 Å². The van der Waals surface area contributed by atoms with E-state index in [1.165, 1.54) is 0 Å². The van der Waals surface area contributed by atoms with Crippen molar-refractivity contribution in [3.63, 3.8) is 0 Å². The van der Waals surface area contributed by atoms with Gasteiger partial charge in [0.25, 0.3) is 0 Å². The molecule has 6 heteroatoms. The number of amides is 2. The van der Waals surface area contributed by atoms with Gasteiger partial charge in [-0.05, 0) is 25.7 Å². The summed E-state index contributed by atoms with van der Waals surface area (Å²) in [5.74, 6) is -0.498. The lowest BCUT2D eigenvalue weighted by Crippen LogP contribution is -2.38. The van der Waals surface area contributed by atoms with Crippen LogP contribution in [0, 0.1) is 5.92 Å². The Morgan fingerprint density at radius 3 is 2.50 bits per heavy atom. The highest BCUT2D eigenvalue weighted by atomic mass is 16.5. The maximum Gasteiger partial charge on any atom is 0.314 e. The third-order valence-corrected chi connectivity index (χ3v) is 2.65. The van der Waals surface area contributed by atoms with Crippen LogP contribution in [0.15, 0.2) is 12.2 Å². The maximum absolute atomic E-state index is 11.4. The molecule has 0 fully saturated rings. The number of ether oxygens (including phenoxy) is 1. The molecule has 0 rings (SSSR count). The number of nitrogens with one attached hydrogen (secondary N) is 2. The van der Waals surface area contributed by atoms with Gasteiger partial charge in [0.2, 0.25) is 0 Å². The fraction of sp³-hybridized carbons (Fsp3) is 0.714. The van der Waals surface area contributed by atoms with Gasteiger partial charge in [0.05, 0.1) is 13.2 Å². The summed E-state index contributed by atoms with van der Waals surface area (Å²) in [5.41, 5.74) is 0.949. The molecule has 0 aliphatic carbocycles. The van der Waals surface area contributed by atoms with Crippen molar-refractivity contribution in [1.29, 1.82) is 0 Å². The van der Waals surface area contributed by atoms with E-state index in [9.17, 15) is 9.59 Å². The van der Waals surface area contributed by atoms with Gasteiger partial charge in [0, 0.05) is 19.5 Å². The summed E-state index contributed by atoms with van der Waals surface area (Å²) in [6.07, 6.45) is 1.58. The molecule has 20 heavy (non-hydrogen) atoms. The summed E-state index contributed by atoms with van der Waals surface area (Å²) in [6.45, 7) is 9.52. The van der Waals surface area contributed by atoms with Crippen LogP contribution in [0.3, 0.4) is 0 Å². The Morgan fingerprint density at radius 2 is 1.90 bits per heavy atom. The predicted octanol–water partition coefficient (Wildman–Crippen LogP) is 1.77. The number of hydrogen-bond donors (Lipinski definition) is 3. The number of aliphatic carboxylic acids is 1. The summed E-state index contributed by atoms with van der Waals surface area (Å²) in [7, 11) is 0. The van der Waals surface area contributed by atoms with Crippen molar-refractivity contribution in [2.75, 3.05) is 26.3 Å². The number of carbonyl (C=O) groups excluding carboxylic acids is 1. The number of urea groups is 1. The van der Waals surface area contributed by atoms with E-state index in [0.717, 1.165) is 12.0 Å². The Kier molecular flexibility index (Phi) is 10.4. The molecule has 1 atom stereocenters. The summed E-state index contributed by atoms with van der Waals surface area (Å²) in [5, 5.41) is 14.0. The second-order valence-electron chi connectivity index (χ2n) is 5.02. The molecule has 2 amide bonds. The summed E-state index contributed by atoms with van der Waals surface area (Å²) in [4.78, 5) is 21.8. The Hall–Kier alpha value is -1.56. The lowest BCUT2D eigenvalue weighted by atomic mass is 10.0. The second kappa shape index (κ2) is 11.3. The van der Waals surface area contributed by atoms with E-state index in [2.05, 4.69) is 17.2 Å². The zero-order chi connectivity index (χ0) is 15.4. The fourth-order valence-corrected chi connectivity index (χ4v) is 1.49. The van der Waals surface area contributed by atoms with Crippen LogP contribution in [0.2, 0.25) is 0 Å². The first-order valence-corrected chi connectivity index (χ1v) is 6.87. The molecule has 0 bridgehead atoms. The van der Waals surface area contributed by atoms with Crippen LogP contribution in [-0.4, -0.2) is 43.4 Å². The first-order chi connectivity index (χ1) is 9.41. The van der Waals surface area contributed by atoms with E-state index < -0.39 is 5.97 Å².